The lowest BCUT2D eigenvalue weighted by molar-refractivity contribution is 0.0989. The van der Waals surface area contributed by atoms with Crippen molar-refractivity contribution in [2.24, 2.45) is 0 Å². The van der Waals surface area contributed by atoms with Crippen molar-refractivity contribution in [2.45, 2.75) is 25.7 Å². The van der Waals surface area contributed by atoms with E-state index in [1.165, 1.54) is 6.42 Å². The van der Waals surface area contributed by atoms with E-state index in [0.29, 0.717) is 0 Å². The summed E-state index contributed by atoms with van der Waals surface area (Å²) >= 11 is 5.86. The molecular formula is C16H19ClN6O. The van der Waals surface area contributed by atoms with Gasteiger partial charge in [-0.3, -0.25) is 9.78 Å². The zero-order chi connectivity index (χ0) is 17.1. The van der Waals surface area contributed by atoms with E-state index in [1.54, 1.807) is 12.4 Å². The largest absolute Gasteiger partial charge is 0.382 e. The maximum Gasteiger partial charge on any atom is 0.189 e. The lowest BCUT2D eigenvalue weighted by Crippen LogP contribution is -2.30. The van der Waals surface area contributed by atoms with Gasteiger partial charge in [-0.1, -0.05) is 11.6 Å². The molecule has 0 unspecified atom stereocenters. The highest BCUT2D eigenvalue weighted by Gasteiger charge is 2.20. The van der Waals surface area contributed by atoms with Crippen LogP contribution in [0, 0.1) is 0 Å². The van der Waals surface area contributed by atoms with Crippen molar-refractivity contribution in [1.29, 1.82) is 0 Å². The molecule has 0 radical (unpaired) electrons. The van der Waals surface area contributed by atoms with Gasteiger partial charge >= 0.3 is 0 Å². The average molecular weight is 347 g/mol. The molecule has 1 saturated heterocycles. The Morgan fingerprint density at radius 3 is 2.67 bits per heavy atom. The molecule has 7 nitrogen and oxygen atoms in total. The van der Waals surface area contributed by atoms with Crippen LogP contribution in [0.2, 0.25) is 5.15 Å². The summed E-state index contributed by atoms with van der Waals surface area (Å²) in [5.74, 6) is -0.250. The minimum Gasteiger partial charge on any atom is -0.382 e. The molecule has 0 saturated carbocycles. The second-order valence-electron chi connectivity index (χ2n) is 5.79. The summed E-state index contributed by atoms with van der Waals surface area (Å²) in [6, 6.07) is 1.94. The highest BCUT2D eigenvalue weighted by molar-refractivity contribution is 6.31. The van der Waals surface area contributed by atoms with Crippen LogP contribution < -0.4 is 16.4 Å². The molecule has 2 aromatic heterocycles. The fourth-order valence-corrected chi connectivity index (χ4v) is 3.03. The van der Waals surface area contributed by atoms with Gasteiger partial charge in [0, 0.05) is 43.2 Å². The molecule has 4 N–H and O–H groups in total. The average Bonchev–Trinajstić information content (AvgIpc) is 2.59. The monoisotopic (exact) mass is 346 g/mol. The summed E-state index contributed by atoms with van der Waals surface area (Å²) in [6.07, 6.45) is 7.14. The van der Waals surface area contributed by atoms with Gasteiger partial charge in [-0.05, 0) is 25.3 Å². The Balaban J connectivity index is 1.86. The normalized spacial score (nSPS) is 14.6. The summed E-state index contributed by atoms with van der Waals surface area (Å²) in [4.78, 5) is 26.9. The molecule has 1 aliphatic rings. The van der Waals surface area contributed by atoms with Crippen LogP contribution >= 0.6 is 11.6 Å². The number of nitrogens with zero attached hydrogens (tertiary/aromatic N) is 4. The van der Waals surface area contributed by atoms with E-state index < -0.39 is 0 Å². The van der Waals surface area contributed by atoms with Crippen LogP contribution in [0.3, 0.4) is 0 Å². The molecule has 0 aromatic carbocycles. The highest BCUT2D eigenvalue weighted by Crippen LogP contribution is 2.25. The quantitative estimate of drug-likeness (QED) is 0.815. The van der Waals surface area contributed by atoms with Crippen molar-refractivity contribution in [2.75, 3.05) is 29.5 Å². The van der Waals surface area contributed by atoms with E-state index in [-0.39, 0.29) is 34.7 Å². The van der Waals surface area contributed by atoms with Gasteiger partial charge in [0.1, 0.15) is 0 Å². The molecule has 3 rings (SSSR count). The highest BCUT2D eigenvalue weighted by atomic mass is 35.5. The second-order valence-corrected chi connectivity index (χ2v) is 6.14. The van der Waals surface area contributed by atoms with E-state index in [9.17, 15) is 4.79 Å². The lowest BCUT2D eigenvalue weighted by Gasteiger charge is -2.30. The number of rotatable bonds is 4. The van der Waals surface area contributed by atoms with Gasteiger partial charge in [-0.25, -0.2) is 9.97 Å². The van der Waals surface area contributed by atoms with Crippen molar-refractivity contribution >= 4 is 34.7 Å². The molecule has 126 valence electrons. The number of anilines is 3. The summed E-state index contributed by atoms with van der Waals surface area (Å²) in [6.45, 7) is 1.97. The number of hydrogen-bond acceptors (Lipinski definition) is 7. The Morgan fingerprint density at radius 2 is 1.92 bits per heavy atom. The number of carbonyl (C=O) groups excluding carboxylic acids is 1. The maximum absolute atomic E-state index is 12.6. The lowest BCUT2D eigenvalue weighted by atomic mass is 10.0. The molecule has 0 atom stereocenters. The number of pyridine rings is 1. The fourth-order valence-electron chi connectivity index (χ4n) is 2.90. The van der Waals surface area contributed by atoms with Crippen molar-refractivity contribution in [1.82, 2.24) is 15.0 Å². The summed E-state index contributed by atoms with van der Waals surface area (Å²) in [5, 5.41) is -0.0185. The first-order valence-electron chi connectivity index (χ1n) is 7.86. The third-order valence-corrected chi connectivity index (χ3v) is 4.37. The van der Waals surface area contributed by atoms with E-state index in [0.717, 1.165) is 37.2 Å². The maximum atomic E-state index is 12.6. The number of nitrogens with two attached hydrogens (primary N) is 2. The van der Waals surface area contributed by atoms with Crippen LogP contribution in [0.1, 0.15) is 35.3 Å². The number of halogens is 1. The zero-order valence-corrected chi connectivity index (χ0v) is 14.0. The van der Waals surface area contributed by atoms with E-state index in [1.807, 2.05) is 6.07 Å². The number of piperidine rings is 1. The Hall–Kier alpha value is -2.41. The molecule has 8 heteroatoms. The first kappa shape index (κ1) is 16.4. The van der Waals surface area contributed by atoms with Crippen LogP contribution in [0.5, 0.6) is 0 Å². The third-order valence-electron chi connectivity index (χ3n) is 4.09. The third kappa shape index (κ3) is 3.41. The molecular weight excluding hydrogens is 328 g/mol. The molecule has 0 amide bonds. The van der Waals surface area contributed by atoms with E-state index in [4.69, 9.17) is 23.1 Å². The minimum absolute atomic E-state index is 0.00897. The Kier molecular flexibility index (Phi) is 4.80. The van der Waals surface area contributed by atoms with Gasteiger partial charge in [0.2, 0.25) is 0 Å². The second kappa shape index (κ2) is 7.00. The molecule has 1 aliphatic heterocycles. The van der Waals surface area contributed by atoms with Gasteiger partial charge < -0.3 is 16.4 Å². The number of ketones is 1. The summed E-state index contributed by atoms with van der Waals surface area (Å²) in [7, 11) is 0. The molecule has 0 spiro atoms. The minimum atomic E-state index is -0.256. The predicted octanol–water partition coefficient (Wildman–Crippen LogP) is 2.11. The van der Waals surface area contributed by atoms with Crippen molar-refractivity contribution in [3.8, 4) is 0 Å². The van der Waals surface area contributed by atoms with Crippen molar-refractivity contribution in [3.63, 3.8) is 0 Å². The molecule has 3 heterocycles. The van der Waals surface area contributed by atoms with Crippen LogP contribution in [-0.4, -0.2) is 33.8 Å². The molecule has 24 heavy (non-hydrogen) atoms. The molecule has 0 aliphatic carbocycles. The number of nitrogen functional groups attached to an aromatic ring is 2. The first-order chi connectivity index (χ1) is 11.6. The Morgan fingerprint density at radius 1 is 1.17 bits per heavy atom. The standard InChI is InChI=1S/C16H19ClN6O/c17-14-16(19)22-15(18)13(21-14)12(24)8-10-9-20-5-4-11(10)23-6-2-1-3-7-23/h4-5,9H,1-3,6-8H2,(H4,18,19,22). The van der Waals surface area contributed by atoms with Crippen molar-refractivity contribution < 1.29 is 4.79 Å². The van der Waals surface area contributed by atoms with Crippen LogP contribution in [0.25, 0.3) is 0 Å². The van der Waals surface area contributed by atoms with Gasteiger partial charge in [0.15, 0.2) is 28.3 Å². The SMILES string of the molecule is Nc1nc(N)c(C(=O)Cc2cnccc2N2CCCCC2)nc1Cl. The summed E-state index contributed by atoms with van der Waals surface area (Å²) < 4.78 is 0. The molecule has 1 fully saturated rings. The van der Waals surface area contributed by atoms with E-state index in [2.05, 4.69) is 19.9 Å². The van der Waals surface area contributed by atoms with Crippen LogP contribution in [0.15, 0.2) is 18.5 Å². The number of aromatic nitrogens is 3. The van der Waals surface area contributed by atoms with Crippen molar-refractivity contribution in [3.05, 3.63) is 34.9 Å². The number of hydrogen-bond donors (Lipinski definition) is 2. The van der Waals surface area contributed by atoms with Gasteiger partial charge in [-0.2, -0.15) is 0 Å². The first-order valence-corrected chi connectivity index (χ1v) is 8.23. The smallest absolute Gasteiger partial charge is 0.189 e. The fraction of sp³-hybridized carbons (Fsp3) is 0.375. The number of carbonyl (C=O) groups is 1. The number of Topliss-reactive ketones (excluding diaryl/α,β-unsaturated/α-hetero) is 1. The Labute approximate surface area is 145 Å². The van der Waals surface area contributed by atoms with Gasteiger partial charge in [0.05, 0.1) is 0 Å². The van der Waals surface area contributed by atoms with Gasteiger partial charge in [-0.15, -0.1) is 0 Å². The topological polar surface area (TPSA) is 111 Å². The van der Waals surface area contributed by atoms with Crippen LogP contribution in [-0.2, 0) is 6.42 Å². The molecule has 2 aromatic rings. The predicted molar refractivity (Wildman–Crippen MR) is 94.2 cm³/mol. The Bertz CT molecular complexity index is 760. The van der Waals surface area contributed by atoms with Gasteiger partial charge in [0.25, 0.3) is 0 Å². The van der Waals surface area contributed by atoms with E-state index >= 15 is 0 Å². The molecule has 0 bridgehead atoms. The zero-order valence-electron chi connectivity index (χ0n) is 13.2. The summed E-state index contributed by atoms with van der Waals surface area (Å²) in [5.41, 5.74) is 13.2. The van der Waals surface area contributed by atoms with Crippen LogP contribution in [0.4, 0.5) is 17.3 Å².